The Labute approximate surface area is 167 Å². The summed E-state index contributed by atoms with van der Waals surface area (Å²) in [4.78, 5) is 25.0. The summed E-state index contributed by atoms with van der Waals surface area (Å²) in [6.45, 7) is -0.0905. The van der Waals surface area contributed by atoms with Crippen LogP contribution in [0.1, 0.15) is 15.2 Å². The normalized spacial score (nSPS) is 10.8. The molecule has 1 heterocycles. The molecule has 3 rings (SSSR count). The Morgan fingerprint density at radius 2 is 1.93 bits per heavy atom. The first-order valence-corrected chi connectivity index (χ1v) is 9.63. The van der Waals surface area contributed by atoms with Crippen LogP contribution in [-0.4, -0.2) is 25.5 Å². The molecule has 2 amide bonds. The Morgan fingerprint density at radius 1 is 1.19 bits per heavy atom. The van der Waals surface area contributed by atoms with Crippen molar-refractivity contribution in [2.45, 2.75) is 6.61 Å². The third-order valence-corrected chi connectivity index (χ3v) is 5.52. The van der Waals surface area contributed by atoms with Crippen molar-refractivity contribution in [2.24, 2.45) is 0 Å². The van der Waals surface area contributed by atoms with Crippen LogP contribution in [0.15, 0.2) is 46.9 Å². The number of benzene rings is 2. The summed E-state index contributed by atoms with van der Waals surface area (Å²) >= 11 is 4.50. The van der Waals surface area contributed by atoms with E-state index < -0.39 is 11.7 Å². The summed E-state index contributed by atoms with van der Waals surface area (Å²) in [5.41, 5.74) is 1.11. The second-order valence-corrected chi connectivity index (χ2v) is 7.66. The van der Waals surface area contributed by atoms with Crippen molar-refractivity contribution in [1.29, 1.82) is 0 Å². The van der Waals surface area contributed by atoms with E-state index in [0.29, 0.717) is 26.2 Å². The van der Waals surface area contributed by atoms with E-state index in [2.05, 4.69) is 26.6 Å². The van der Waals surface area contributed by atoms with Crippen LogP contribution < -0.4 is 10.6 Å². The fourth-order valence-electron chi connectivity index (χ4n) is 2.61. The summed E-state index contributed by atoms with van der Waals surface area (Å²) in [6.07, 6.45) is 0. The number of amides is 2. The van der Waals surface area contributed by atoms with Crippen LogP contribution in [0.25, 0.3) is 10.1 Å². The van der Waals surface area contributed by atoms with Crippen LogP contribution in [-0.2, 0) is 16.1 Å². The molecular formula is C19H16BrFN2O3S. The highest BCUT2D eigenvalue weighted by molar-refractivity contribution is 9.10. The minimum Gasteiger partial charge on any atom is -0.380 e. The Kier molecular flexibility index (Phi) is 6.20. The minimum absolute atomic E-state index is 0.106. The van der Waals surface area contributed by atoms with Crippen LogP contribution in [0.2, 0.25) is 0 Å². The van der Waals surface area contributed by atoms with E-state index in [1.165, 1.54) is 24.5 Å². The first-order valence-electron chi connectivity index (χ1n) is 8.02. The maximum absolute atomic E-state index is 14.2. The van der Waals surface area contributed by atoms with Gasteiger partial charge < -0.3 is 15.4 Å². The number of halogens is 2. The highest BCUT2D eigenvalue weighted by Crippen LogP contribution is 2.33. The number of carbonyl (C=O) groups excluding carboxylic acids is 2. The average molecular weight is 451 g/mol. The molecule has 0 radical (unpaired) electrons. The van der Waals surface area contributed by atoms with Crippen LogP contribution in [0, 0.1) is 5.82 Å². The molecule has 2 N–H and O–H groups in total. The lowest BCUT2D eigenvalue weighted by atomic mass is 10.1. The molecule has 0 unspecified atom stereocenters. The number of carbonyl (C=O) groups is 2. The fraction of sp³-hybridized carbons (Fsp3) is 0.158. The van der Waals surface area contributed by atoms with Gasteiger partial charge in [0, 0.05) is 32.9 Å². The lowest BCUT2D eigenvalue weighted by Gasteiger charge is -2.08. The number of fused-ring (bicyclic) bond motifs is 1. The molecule has 0 saturated heterocycles. The zero-order chi connectivity index (χ0) is 19.4. The number of rotatable bonds is 6. The topological polar surface area (TPSA) is 67.4 Å². The van der Waals surface area contributed by atoms with E-state index in [9.17, 15) is 14.0 Å². The van der Waals surface area contributed by atoms with Gasteiger partial charge in [0.1, 0.15) is 5.82 Å². The molecule has 0 saturated carbocycles. The van der Waals surface area contributed by atoms with Gasteiger partial charge >= 0.3 is 0 Å². The largest absolute Gasteiger partial charge is 0.380 e. The van der Waals surface area contributed by atoms with Crippen LogP contribution >= 0.6 is 27.3 Å². The van der Waals surface area contributed by atoms with E-state index in [0.717, 1.165) is 4.47 Å². The number of anilines is 1. The molecule has 8 heteroatoms. The smallest absolute Gasteiger partial charge is 0.262 e. The Morgan fingerprint density at radius 3 is 2.63 bits per heavy atom. The van der Waals surface area contributed by atoms with Crippen molar-refractivity contribution < 1.29 is 18.7 Å². The van der Waals surface area contributed by atoms with Gasteiger partial charge in [-0.2, -0.15) is 0 Å². The SMILES string of the molecule is COCc1c(C(=O)NCC(=O)Nc2ccc(Br)cc2)sc2cccc(F)c12. The molecular weight excluding hydrogens is 435 g/mol. The summed E-state index contributed by atoms with van der Waals surface area (Å²) in [5, 5.41) is 5.66. The van der Waals surface area contributed by atoms with Crippen molar-refractivity contribution in [2.75, 3.05) is 19.0 Å². The van der Waals surface area contributed by atoms with E-state index in [1.807, 2.05) is 0 Å². The predicted molar refractivity (Wildman–Crippen MR) is 108 cm³/mol. The van der Waals surface area contributed by atoms with E-state index in [-0.39, 0.29) is 19.1 Å². The summed E-state index contributed by atoms with van der Waals surface area (Å²) in [6, 6.07) is 11.8. The number of thiophene rings is 1. The first kappa shape index (κ1) is 19.5. The van der Waals surface area contributed by atoms with Gasteiger partial charge in [-0.1, -0.05) is 22.0 Å². The minimum atomic E-state index is -0.436. The van der Waals surface area contributed by atoms with Gasteiger partial charge in [0.25, 0.3) is 5.91 Å². The standard InChI is InChI=1S/C19H16BrFN2O3S/c1-26-10-13-17-14(21)3-2-4-15(17)27-18(13)19(25)22-9-16(24)23-12-7-5-11(20)6-8-12/h2-8H,9-10H2,1H3,(H,22,25)(H,23,24). The highest BCUT2D eigenvalue weighted by Gasteiger charge is 2.21. The highest BCUT2D eigenvalue weighted by atomic mass is 79.9. The number of nitrogens with one attached hydrogen (secondary N) is 2. The number of hydrogen-bond acceptors (Lipinski definition) is 4. The molecule has 5 nitrogen and oxygen atoms in total. The molecule has 0 atom stereocenters. The molecule has 2 aromatic carbocycles. The maximum Gasteiger partial charge on any atom is 0.262 e. The Bertz CT molecular complexity index is 989. The van der Waals surface area contributed by atoms with E-state index in [1.54, 1.807) is 36.4 Å². The fourth-order valence-corrected chi connectivity index (χ4v) is 4.01. The second-order valence-electron chi connectivity index (χ2n) is 5.69. The number of methoxy groups -OCH3 is 1. The van der Waals surface area contributed by atoms with Gasteiger partial charge in [-0.05, 0) is 36.4 Å². The maximum atomic E-state index is 14.2. The summed E-state index contributed by atoms with van der Waals surface area (Å²) in [5.74, 6) is -1.19. The van der Waals surface area contributed by atoms with Crippen molar-refractivity contribution >= 4 is 54.9 Å². The molecule has 0 aliphatic carbocycles. The van der Waals surface area contributed by atoms with Crippen LogP contribution in [0.3, 0.4) is 0 Å². The number of ether oxygens (including phenoxy) is 1. The lowest BCUT2D eigenvalue weighted by Crippen LogP contribution is -2.32. The Balaban J connectivity index is 1.72. The second kappa shape index (κ2) is 8.60. The summed E-state index contributed by atoms with van der Waals surface area (Å²) in [7, 11) is 1.48. The van der Waals surface area contributed by atoms with Gasteiger partial charge in [-0.25, -0.2) is 4.39 Å². The van der Waals surface area contributed by atoms with Crippen molar-refractivity contribution in [3.8, 4) is 0 Å². The van der Waals surface area contributed by atoms with Crippen molar-refractivity contribution in [3.05, 3.63) is 63.2 Å². The van der Waals surface area contributed by atoms with Gasteiger partial charge in [-0.15, -0.1) is 11.3 Å². The van der Waals surface area contributed by atoms with Gasteiger partial charge in [0.05, 0.1) is 18.0 Å². The molecule has 27 heavy (non-hydrogen) atoms. The van der Waals surface area contributed by atoms with E-state index >= 15 is 0 Å². The lowest BCUT2D eigenvalue weighted by molar-refractivity contribution is -0.115. The average Bonchev–Trinajstić information content (AvgIpc) is 3.02. The summed E-state index contributed by atoms with van der Waals surface area (Å²) < 4.78 is 20.9. The first-order chi connectivity index (χ1) is 13.0. The van der Waals surface area contributed by atoms with E-state index in [4.69, 9.17) is 4.74 Å². The van der Waals surface area contributed by atoms with Crippen molar-refractivity contribution in [3.63, 3.8) is 0 Å². The monoisotopic (exact) mass is 450 g/mol. The zero-order valence-corrected chi connectivity index (χ0v) is 16.7. The third kappa shape index (κ3) is 4.52. The molecule has 3 aromatic rings. The molecule has 1 aromatic heterocycles. The molecule has 0 spiro atoms. The quantitative estimate of drug-likeness (QED) is 0.587. The molecule has 0 aliphatic rings. The third-order valence-electron chi connectivity index (χ3n) is 3.80. The molecule has 140 valence electrons. The van der Waals surface area contributed by atoms with Gasteiger partial charge in [0.15, 0.2) is 0 Å². The number of hydrogen-bond donors (Lipinski definition) is 2. The van der Waals surface area contributed by atoms with Crippen LogP contribution in [0.4, 0.5) is 10.1 Å². The Hall–Kier alpha value is -2.29. The molecule has 0 aliphatic heterocycles. The van der Waals surface area contributed by atoms with Crippen molar-refractivity contribution in [1.82, 2.24) is 5.32 Å². The zero-order valence-electron chi connectivity index (χ0n) is 14.3. The van der Waals surface area contributed by atoms with Gasteiger partial charge in [0.2, 0.25) is 5.91 Å². The van der Waals surface area contributed by atoms with Crippen LogP contribution in [0.5, 0.6) is 0 Å². The van der Waals surface area contributed by atoms with Gasteiger partial charge in [-0.3, -0.25) is 9.59 Å². The molecule has 0 fully saturated rings. The predicted octanol–water partition coefficient (Wildman–Crippen LogP) is 4.32. The molecule has 0 bridgehead atoms.